The molecule has 0 radical (unpaired) electrons. The summed E-state index contributed by atoms with van der Waals surface area (Å²) < 4.78 is 1.04. The number of hydrogen-bond donors (Lipinski definition) is 2. The Labute approximate surface area is 235 Å². The molecule has 1 saturated carbocycles. The van der Waals surface area contributed by atoms with Gasteiger partial charge in [0.05, 0.1) is 16.1 Å². The highest BCUT2D eigenvalue weighted by Gasteiger charge is 2.45. The number of nitrogens with zero attached hydrogens (tertiary/aromatic N) is 1. The summed E-state index contributed by atoms with van der Waals surface area (Å²) in [4.78, 5) is 28.2. The van der Waals surface area contributed by atoms with Crippen LogP contribution >= 0.6 is 39.1 Å². The van der Waals surface area contributed by atoms with Crippen molar-refractivity contribution in [3.05, 3.63) is 98.4 Å². The van der Waals surface area contributed by atoms with Gasteiger partial charge in [0, 0.05) is 29.3 Å². The van der Waals surface area contributed by atoms with Crippen molar-refractivity contribution in [3.63, 3.8) is 0 Å². The van der Waals surface area contributed by atoms with Crippen molar-refractivity contribution in [3.8, 4) is 0 Å². The third-order valence-electron chi connectivity index (χ3n) is 7.24. The molecular weight excluding hydrogens is 573 g/mol. The average molecular weight is 601 g/mol. The molecule has 37 heavy (non-hydrogen) atoms. The van der Waals surface area contributed by atoms with E-state index in [1.807, 2.05) is 54.6 Å². The predicted molar refractivity (Wildman–Crippen MR) is 152 cm³/mol. The lowest BCUT2D eigenvalue weighted by atomic mass is 9.98. The van der Waals surface area contributed by atoms with E-state index >= 15 is 0 Å². The molecule has 1 saturated heterocycles. The summed E-state index contributed by atoms with van der Waals surface area (Å²) in [5.41, 5.74) is 3.21. The van der Waals surface area contributed by atoms with E-state index in [4.69, 9.17) is 23.2 Å². The van der Waals surface area contributed by atoms with Gasteiger partial charge in [-0.2, -0.15) is 0 Å². The van der Waals surface area contributed by atoms with Gasteiger partial charge in [0.2, 0.25) is 0 Å². The molecule has 5 rings (SSSR count). The number of benzene rings is 3. The second kappa shape index (κ2) is 11.5. The van der Waals surface area contributed by atoms with Gasteiger partial charge in [-0.25, -0.2) is 0 Å². The van der Waals surface area contributed by atoms with Crippen LogP contribution in [0.3, 0.4) is 0 Å². The number of nitrogens with one attached hydrogen (secondary N) is 2. The number of amides is 2. The number of rotatable bonds is 6. The first-order chi connectivity index (χ1) is 17.9. The third kappa shape index (κ3) is 6.31. The summed E-state index contributed by atoms with van der Waals surface area (Å²) >= 11 is 15.8. The van der Waals surface area contributed by atoms with Crippen molar-refractivity contribution < 1.29 is 9.59 Å². The lowest BCUT2D eigenvalue weighted by Gasteiger charge is -2.35. The average Bonchev–Trinajstić information content (AvgIpc) is 3.70. The summed E-state index contributed by atoms with van der Waals surface area (Å²) in [6.07, 6.45) is 2.67. The van der Waals surface area contributed by atoms with Gasteiger partial charge in [-0.1, -0.05) is 81.6 Å². The normalized spacial score (nSPS) is 21.7. The Kier molecular flexibility index (Phi) is 8.08. The van der Waals surface area contributed by atoms with E-state index in [2.05, 4.69) is 43.6 Å². The van der Waals surface area contributed by atoms with Gasteiger partial charge in [0.25, 0.3) is 0 Å². The van der Waals surface area contributed by atoms with Gasteiger partial charge in [-0.05, 0) is 72.6 Å². The molecular formula is C29H28BrCl2N3O2. The fraction of sp³-hybridized carbons (Fsp3) is 0.310. The first kappa shape index (κ1) is 26.1. The Hall–Kier alpha value is -2.54. The quantitative estimate of drug-likeness (QED) is 0.317. The largest absolute Gasteiger partial charge is 0.369 e. The Bertz CT molecular complexity index is 1270. The molecule has 2 aliphatic rings. The van der Waals surface area contributed by atoms with Crippen LogP contribution in [0.4, 0.5) is 5.69 Å². The van der Waals surface area contributed by atoms with E-state index in [0.717, 1.165) is 41.5 Å². The second-order valence-corrected chi connectivity index (χ2v) is 11.5. The smallest absolute Gasteiger partial charge is 0.309 e. The van der Waals surface area contributed by atoms with E-state index in [0.29, 0.717) is 22.5 Å². The SMILES string of the molecule is O=C(NC1CCCN(c2ccc(Cl)c(Cl)c2)C1)C(=O)NC(c1ccccc1)C1CC1c1ccc(Br)cc1. The molecule has 3 aromatic rings. The van der Waals surface area contributed by atoms with E-state index in [-0.39, 0.29) is 18.0 Å². The molecule has 1 aliphatic carbocycles. The first-order valence-electron chi connectivity index (χ1n) is 12.5. The lowest BCUT2D eigenvalue weighted by Crippen LogP contribution is -2.52. The molecule has 0 bridgehead atoms. The summed E-state index contributed by atoms with van der Waals surface area (Å²) in [6, 6.07) is 23.4. The number of anilines is 1. The molecule has 1 heterocycles. The van der Waals surface area contributed by atoms with Crippen LogP contribution in [0.15, 0.2) is 77.3 Å². The number of carbonyl (C=O) groups excluding carboxylic acids is 2. The maximum absolute atomic E-state index is 13.1. The summed E-state index contributed by atoms with van der Waals surface area (Å²) in [6.45, 7) is 1.46. The summed E-state index contributed by atoms with van der Waals surface area (Å²) in [7, 11) is 0. The molecule has 4 unspecified atom stereocenters. The molecule has 4 atom stereocenters. The van der Waals surface area contributed by atoms with Gasteiger partial charge in [0.15, 0.2) is 0 Å². The number of piperidine rings is 1. The molecule has 0 spiro atoms. The molecule has 3 aromatic carbocycles. The number of carbonyl (C=O) groups is 2. The minimum Gasteiger partial charge on any atom is -0.369 e. The topological polar surface area (TPSA) is 61.4 Å². The van der Waals surface area contributed by atoms with Crippen molar-refractivity contribution in [1.29, 1.82) is 0 Å². The van der Waals surface area contributed by atoms with Crippen LogP contribution in [0.5, 0.6) is 0 Å². The summed E-state index contributed by atoms with van der Waals surface area (Å²) in [5, 5.41) is 7.01. The van der Waals surface area contributed by atoms with Gasteiger partial charge >= 0.3 is 11.8 Å². The third-order valence-corrected chi connectivity index (χ3v) is 8.51. The van der Waals surface area contributed by atoms with Crippen molar-refractivity contribution in [1.82, 2.24) is 10.6 Å². The van der Waals surface area contributed by atoms with E-state index < -0.39 is 11.8 Å². The Morgan fingerprint density at radius 2 is 1.70 bits per heavy atom. The zero-order chi connectivity index (χ0) is 25.9. The predicted octanol–water partition coefficient (Wildman–Crippen LogP) is 6.50. The van der Waals surface area contributed by atoms with E-state index in [1.54, 1.807) is 6.07 Å². The fourth-order valence-electron chi connectivity index (χ4n) is 5.24. The van der Waals surface area contributed by atoms with Crippen LogP contribution in [0.1, 0.15) is 42.3 Å². The standard InChI is InChI=1S/C29H28BrCl2N3O2/c30-20-10-8-18(9-11-20)23-16-24(23)27(19-5-2-1-3-6-19)34-29(37)28(36)33-21-7-4-14-35(17-21)22-12-13-25(31)26(32)15-22/h1-3,5-6,8-13,15,21,23-24,27H,4,7,14,16-17H2,(H,33,36)(H,34,37). The van der Waals surface area contributed by atoms with Crippen LogP contribution in [-0.2, 0) is 9.59 Å². The van der Waals surface area contributed by atoms with E-state index in [1.165, 1.54) is 5.56 Å². The summed E-state index contributed by atoms with van der Waals surface area (Å²) in [5.74, 6) is -0.607. The van der Waals surface area contributed by atoms with Crippen molar-refractivity contribution in [2.45, 2.75) is 37.3 Å². The van der Waals surface area contributed by atoms with Crippen molar-refractivity contribution in [2.24, 2.45) is 5.92 Å². The first-order valence-corrected chi connectivity index (χ1v) is 14.1. The van der Waals surface area contributed by atoms with Crippen LogP contribution < -0.4 is 15.5 Å². The minimum absolute atomic E-state index is 0.131. The highest BCUT2D eigenvalue weighted by atomic mass is 79.9. The Morgan fingerprint density at radius 3 is 2.43 bits per heavy atom. The molecule has 192 valence electrons. The lowest BCUT2D eigenvalue weighted by molar-refractivity contribution is -0.140. The molecule has 2 fully saturated rings. The van der Waals surface area contributed by atoms with Crippen molar-refractivity contribution >= 4 is 56.6 Å². The maximum Gasteiger partial charge on any atom is 0.309 e. The van der Waals surface area contributed by atoms with E-state index in [9.17, 15) is 9.59 Å². The van der Waals surface area contributed by atoms with Crippen molar-refractivity contribution in [2.75, 3.05) is 18.0 Å². The molecule has 1 aliphatic heterocycles. The molecule has 8 heteroatoms. The number of halogens is 3. The molecule has 0 aromatic heterocycles. The van der Waals surface area contributed by atoms with Gasteiger partial charge in [-0.3, -0.25) is 9.59 Å². The zero-order valence-electron chi connectivity index (χ0n) is 20.2. The van der Waals surface area contributed by atoms with Gasteiger partial charge < -0.3 is 15.5 Å². The zero-order valence-corrected chi connectivity index (χ0v) is 23.3. The van der Waals surface area contributed by atoms with Gasteiger partial charge in [0.1, 0.15) is 0 Å². The van der Waals surface area contributed by atoms with Crippen LogP contribution in [0.25, 0.3) is 0 Å². The molecule has 5 nitrogen and oxygen atoms in total. The molecule has 2 amide bonds. The van der Waals surface area contributed by atoms with Crippen LogP contribution in [0, 0.1) is 5.92 Å². The number of hydrogen-bond acceptors (Lipinski definition) is 3. The second-order valence-electron chi connectivity index (χ2n) is 9.78. The highest BCUT2D eigenvalue weighted by Crippen LogP contribution is 2.54. The molecule has 2 N–H and O–H groups in total. The highest BCUT2D eigenvalue weighted by molar-refractivity contribution is 9.10. The van der Waals surface area contributed by atoms with Crippen LogP contribution in [-0.4, -0.2) is 30.9 Å². The Morgan fingerprint density at radius 1 is 0.946 bits per heavy atom. The van der Waals surface area contributed by atoms with Crippen LogP contribution in [0.2, 0.25) is 10.0 Å². The maximum atomic E-state index is 13.1. The fourth-order valence-corrected chi connectivity index (χ4v) is 5.80. The van der Waals surface area contributed by atoms with Gasteiger partial charge in [-0.15, -0.1) is 0 Å². The Balaban J connectivity index is 1.23. The minimum atomic E-state index is -0.595. The monoisotopic (exact) mass is 599 g/mol.